The Morgan fingerprint density at radius 3 is 1.70 bits per heavy atom. The molecule has 0 saturated carbocycles. The molecule has 4 rings (SSSR count). The molecule has 4 aromatic rings. The van der Waals surface area contributed by atoms with Gasteiger partial charge in [-0.25, -0.2) is 19.3 Å². The molecule has 1 aromatic heterocycles. The van der Waals surface area contributed by atoms with Gasteiger partial charge >= 0.3 is 0 Å². The van der Waals surface area contributed by atoms with E-state index in [0.717, 1.165) is 12.1 Å². The Kier molecular flexibility index (Phi) is 2.29. The first-order chi connectivity index (χ1) is 17.4. The Morgan fingerprint density at radius 1 is 0.741 bits per heavy atom. The zero-order chi connectivity index (χ0) is 27.3. The highest BCUT2D eigenvalue weighted by atomic mass is 19.1. The molecule has 27 heavy (non-hydrogen) atoms. The maximum absolute atomic E-state index is 13.9. The van der Waals surface area contributed by atoms with Gasteiger partial charge in [-0.1, -0.05) is 60.4 Å². The number of hydrogen-bond acceptors (Lipinski definition) is 4. The van der Waals surface area contributed by atoms with Gasteiger partial charge in [-0.05, 0) is 18.2 Å². The third kappa shape index (κ3) is 3.42. The van der Waals surface area contributed by atoms with Gasteiger partial charge in [-0.3, -0.25) is 0 Å². The minimum Gasteiger partial charge on any atom is -0.208 e. The van der Waals surface area contributed by atoms with Crippen molar-refractivity contribution in [1.29, 1.82) is 5.26 Å². The first-order valence-electron chi connectivity index (χ1n) is 12.5. The van der Waals surface area contributed by atoms with Crippen LogP contribution in [-0.2, 0) is 0 Å². The van der Waals surface area contributed by atoms with Gasteiger partial charge in [0.05, 0.1) is 19.3 Å². The van der Waals surface area contributed by atoms with Crippen molar-refractivity contribution < 1.29 is 18.1 Å². The van der Waals surface area contributed by atoms with Crippen LogP contribution in [0.5, 0.6) is 0 Å². The Bertz CT molecular complexity index is 1520. The van der Waals surface area contributed by atoms with E-state index in [9.17, 15) is 9.65 Å². The summed E-state index contributed by atoms with van der Waals surface area (Å²) in [7, 11) is 0. The number of hydrogen-bond donors (Lipinski definition) is 0. The molecule has 0 amide bonds. The second kappa shape index (κ2) is 7.14. The summed E-state index contributed by atoms with van der Waals surface area (Å²) in [5, 5.41) is 9.21. The van der Waals surface area contributed by atoms with Gasteiger partial charge in [0.15, 0.2) is 17.5 Å². The number of aromatic nitrogens is 3. The van der Waals surface area contributed by atoms with Gasteiger partial charge in [0.1, 0.15) is 11.9 Å². The van der Waals surface area contributed by atoms with Crippen LogP contribution in [0.1, 0.15) is 19.3 Å². The average Bonchev–Trinajstić information content (AvgIpc) is 2.89. The van der Waals surface area contributed by atoms with E-state index >= 15 is 0 Å². The van der Waals surface area contributed by atoms with Crippen LogP contribution >= 0.6 is 0 Å². The lowest BCUT2D eigenvalue weighted by atomic mass is 10.1. The number of benzene rings is 3. The molecule has 5 heteroatoms. The Balaban J connectivity index is 2.14. The maximum Gasteiger partial charge on any atom is 0.164 e. The lowest BCUT2D eigenvalue weighted by molar-refractivity contribution is 0.624. The Hall–Kier alpha value is -3.91. The van der Waals surface area contributed by atoms with Gasteiger partial charge in [-0.2, -0.15) is 5.26 Å². The van der Waals surface area contributed by atoms with Crippen molar-refractivity contribution in [2.45, 2.75) is 0 Å². The van der Waals surface area contributed by atoms with E-state index in [0.29, 0.717) is 0 Å². The van der Waals surface area contributed by atoms with E-state index in [4.69, 9.17) is 13.7 Å². The van der Waals surface area contributed by atoms with Gasteiger partial charge in [-0.15, -0.1) is 0 Å². The van der Waals surface area contributed by atoms with Crippen LogP contribution in [0.4, 0.5) is 4.39 Å². The number of nitriles is 1. The fourth-order valence-electron chi connectivity index (χ4n) is 2.20. The molecule has 4 nitrogen and oxygen atoms in total. The molecule has 0 spiro atoms. The number of rotatable bonds is 3. The van der Waals surface area contributed by atoms with E-state index in [1.807, 2.05) is 0 Å². The predicted octanol–water partition coefficient (Wildman–Crippen LogP) is 4.88. The van der Waals surface area contributed by atoms with Crippen molar-refractivity contribution in [3.63, 3.8) is 0 Å². The quantitative estimate of drug-likeness (QED) is 0.521. The molecule has 128 valence electrons. The molecule has 0 aliphatic heterocycles. The minimum atomic E-state index is -0.822. The standard InChI is InChI=1S/C22H13FN4/c23-19-12-11-17(13-18(19)14-24)22-26-20(15-7-3-1-4-8-15)25-21(27-22)16-9-5-2-6-10-16/h1-13H/i1D,2D,3D,4D,5D,6D,7D,8D,9D,10D. The molecule has 0 unspecified atom stereocenters. The SMILES string of the molecule is [2H]c1c([2H])c([2H])c(-c2nc(-c3ccc(F)c(C#N)c3)nc(-c3c([2H])c([2H])c([2H])c([2H])c3[2H])n2)c([2H])c1[2H]. The fraction of sp³-hybridized carbons (Fsp3) is 0. The molecule has 3 aromatic carbocycles. The van der Waals surface area contributed by atoms with Crippen LogP contribution in [0.3, 0.4) is 0 Å². The van der Waals surface area contributed by atoms with Crippen LogP contribution in [0, 0.1) is 17.1 Å². The lowest BCUT2D eigenvalue weighted by Gasteiger charge is -2.08. The van der Waals surface area contributed by atoms with E-state index in [-0.39, 0.29) is 17.0 Å². The van der Waals surface area contributed by atoms with Crippen molar-refractivity contribution in [1.82, 2.24) is 15.0 Å². The molecule has 0 atom stereocenters. The molecular formula is C22H13FN4. The number of nitrogens with zero attached hydrogens (tertiary/aromatic N) is 4. The molecule has 0 radical (unpaired) electrons. The van der Waals surface area contributed by atoms with Crippen molar-refractivity contribution in [3.8, 4) is 40.2 Å². The van der Waals surface area contributed by atoms with Crippen LogP contribution in [-0.4, -0.2) is 15.0 Å². The summed E-state index contributed by atoms with van der Waals surface area (Å²) in [4.78, 5) is 12.5. The van der Waals surface area contributed by atoms with E-state index < -0.39 is 89.0 Å². The lowest BCUT2D eigenvalue weighted by Crippen LogP contribution is -2.00. The highest BCUT2D eigenvalue weighted by Crippen LogP contribution is 2.25. The summed E-state index contributed by atoms with van der Waals surface area (Å²) in [6.07, 6.45) is 0. The van der Waals surface area contributed by atoms with Crippen LogP contribution < -0.4 is 0 Å². The van der Waals surface area contributed by atoms with Gasteiger partial charge < -0.3 is 0 Å². The van der Waals surface area contributed by atoms with E-state index in [1.54, 1.807) is 6.07 Å². The summed E-state index contributed by atoms with van der Waals surface area (Å²) in [5.74, 6) is -1.98. The van der Waals surface area contributed by atoms with Crippen molar-refractivity contribution >= 4 is 0 Å². The van der Waals surface area contributed by atoms with Gasteiger partial charge in [0.25, 0.3) is 0 Å². The fourth-order valence-corrected chi connectivity index (χ4v) is 2.20. The second-order valence-corrected chi connectivity index (χ2v) is 5.11. The molecule has 1 heterocycles. The highest BCUT2D eigenvalue weighted by Gasteiger charge is 2.13. The summed E-state index contributed by atoms with van der Waals surface area (Å²) in [5.41, 5.74) is -1.13. The molecule has 0 saturated heterocycles. The molecule has 0 aliphatic rings. The normalized spacial score (nSPS) is 15.6. The smallest absolute Gasteiger partial charge is 0.164 e. The maximum atomic E-state index is 13.9. The van der Waals surface area contributed by atoms with Crippen molar-refractivity contribution in [3.05, 3.63) is 90.0 Å². The average molecular weight is 362 g/mol. The first kappa shape index (κ1) is 8.65. The first-order valence-corrected chi connectivity index (χ1v) is 7.49. The largest absolute Gasteiger partial charge is 0.208 e. The summed E-state index contributed by atoms with van der Waals surface area (Å²) in [6.45, 7) is 0. The third-order valence-electron chi connectivity index (χ3n) is 3.43. The molecule has 0 N–H and O–H groups in total. The zero-order valence-corrected chi connectivity index (χ0v) is 13.4. The highest BCUT2D eigenvalue weighted by molar-refractivity contribution is 5.67. The van der Waals surface area contributed by atoms with Crippen LogP contribution in [0.25, 0.3) is 34.2 Å². The van der Waals surface area contributed by atoms with E-state index in [1.165, 1.54) is 6.07 Å². The van der Waals surface area contributed by atoms with Crippen molar-refractivity contribution in [2.75, 3.05) is 0 Å². The monoisotopic (exact) mass is 362 g/mol. The third-order valence-corrected chi connectivity index (χ3v) is 3.43. The molecule has 0 bridgehead atoms. The zero-order valence-electron chi connectivity index (χ0n) is 23.4. The summed E-state index contributed by atoms with van der Waals surface area (Å²) in [6, 6.07) is -1.59. The second-order valence-electron chi connectivity index (χ2n) is 5.11. The van der Waals surface area contributed by atoms with Crippen LogP contribution in [0.15, 0.2) is 78.6 Å². The Labute approximate surface area is 169 Å². The Morgan fingerprint density at radius 2 is 1.22 bits per heavy atom. The minimum absolute atomic E-state index is 0.0718. The van der Waals surface area contributed by atoms with E-state index in [2.05, 4.69) is 15.0 Å². The van der Waals surface area contributed by atoms with Crippen molar-refractivity contribution in [2.24, 2.45) is 0 Å². The summed E-state index contributed by atoms with van der Waals surface area (Å²) < 4.78 is 94.5. The molecule has 0 aliphatic carbocycles. The van der Waals surface area contributed by atoms with Gasteiger partial charge in [0, 0.05) is 16.7 Å². The predicted molar refractivity (Wildman–Crippen MR) is 101 cm³/mol. The summed E-state index contributed by atoms with van der Waals surface area (Å²) >= 11 is 0. The number of halogens is 1. The molecular weight excluding hydrogens is 339 g/mol. The van der Waals surface area contributed by atoms with Crippen LogP contribution in [0.2, 0.25) is 0 Å². The topological polar surface area (TPSA) is 62.5 Å². The van der Waals surface area contributed by atoms with Gasteiger partial charge in [0.2, 0.25) is 0 Å². The molecule has 0 fully saturated rings.